The molecule has 1 heterocycles. The predicted molar refractivity (Wildman–Crippen MR) is 83.2 cm³/mol. The summed E-state index contributed by atoms with van der Waals surface area (Å²) in [6.45, 7) is 4.06. The van der Waals surface area contributed by atoms with Crippen LogP contribution in [0.3, 0.4) is 0 Å². The standard InChI is InChI=1S/C16H19ClN2O/c1-3-16(2,9-10-17)19-15(20)14-13-7-5-4-6-12(13)8-11-18-14/h4-8,11H,3,9-10H2,1-2H3,(H,19,20). The fraction of sp³-hybridized carbons (Fsp3) is 0.375. The molecule has 0 saturated carbocycles. The van der Waals surface area contributed by atoms with Crippen molar-refractivity contribution in [2.45, 2.75) is 32.2 Å². The molecular formula is C16H19ClN2O. The smallest absolute Gasteiger partial charge is 0.270 e. The summed E-state index contributed by atoms with van der Waals surface area (Å²) in [6.07, 6.45) is 3.24. The van der Waals surface area contributed by atoms with Gasteiger partial charge in [-0.1, -0.05) is 31.2 Å². The Hall–Kier alpha value is -1.61. The zero-order valence-corrected chi connectivity index (χ0v) is 12.6. The number of alkyl halides is 1. The first-order chi connectivity index (χ1) is 9.59. The van der Waals surface area contributed by atoms with Crippen molar-refractivity contribution in [1.29, 1.82) is 0 Å². The number of hydrogen-bond acceptors (Lipinski definition) is 2. The van der Waals surface area contributed by atoms with Crippen LogP contribution < -0.4 is 5.32 Å². The molecule has 2 aromatic rings. The topological polar surface area (TPSA) is 42.0 Å². The predicted octanol–water partition coefficient (Wildman–Crippen LogP) is 3.76. The van der Waals surface area contributed by atoms with Crippen LogP contribution in [0.15, 0.2) is 36.5 Å². The number of benzene rings is 1. The van der Waals surface area contributed by atoms with Crippen LogP contribution in [0.5, 0.6) is 0 Å². The lowest BCUT2D eigenvalue weighted by Crippen LogP contribution is -2.46. The number of amides is 1. The molecule has 1 aromatic heterocycles. The Kier molecular flexibility index (Phi) is 4.61. The average molecular weight is 291 g/mol. The lowest BCUT2D eigenvalue weighted by Gasteiger charge is -2.28. The van der Waals surface area contributed by atoms with E-state index in [1.807, 2.05) is 44.2 Å². The van der Waals surface area contributed by atoms with Gasteiger partial charge in [-0.05, 0) is 31.2 Å². The van der Waals surface area contributed by atoms with Crippen molar-refractivity contribution < 1.29 is 4.79 Å². The molecule has 2 rings (SSSR count). The molecule has 0 aliphatic rings. The monoisotopic (exact) mass is 290 g/mol. The van der Waals surface area contributed by atoms with Crippen LogP contribution in [0.1, 0.15) is 37.2 Å². The summed E-state index contributed by atoms with van der Waals surface area (Å²) < 4.78 is 0. The second-order valence-electron chi connectivity index (χ2n) is 5.19. The molecule has 0 saturated heterocycles. The maximum absolute atomic E-state index is 12.5. The van der Waals surface area contributed by atoms with E-state index in [0.717, 1.165) is 23.6 Å². The first-order valence-electron chi connectivity index (χ1n) is 6.82. The number of nitrogens with zero attached hydrogens (tertiary/aromatic N) is 1. The molecule has 0 radical (unpaired) electrons. The molecule has 3 nitrogen and oxygen atoms in total. The SMILES string of the molecule is CCC(C)(CCCl)NC(=O)c1nccc2ccccc12. The Morgan fingerprint density at radius 1 is 1.35 bits per heavy atom. The Morgan fingerprint density at radius 2 is 2.10 bits per heavy atom. The number of pyridine rings is 1. The van der Waals surface area contributed by atoms with E-state index < -0.39 is 0 Å². The van der Waals surface area contributed by atoms with E-state index in [4.69, 9.17) is 11.6 Å². The van der Waals surface area contributed by atoms with Gasteiger partial charge < -0.3 is 5.32 Å². The Bertz CT molecular complexity index is 609. The van der Waals surface area contributed by atoms with Crippen LogP contribution >= 0.6 is 11.6 Å². The normalized spacial score (nSPS) is 13.9. The lowest BCUT2D eigenvalue weighted by atomic mass is 9.95. The molecule has 0 aliphatic carbocycles. The van der Waals surface area contributed by atoms with Gasteiger partial charge in [-0.3, -0.25) is 9.78 Å². The van der Waals surface area contributed by atoms with Gasteiger partial charge >= 0.3 is 0 Å². The zero-order chi connectivity index (χ0) is 14.6. The van der Waals surface area contributed by atoms with Gasteiger partial charge in [-0.15, -0.1) is 11.6 Å². The van der Waals surface area contributed by atoms with Crippen molar-refractivity contribution >= 4 is 28.3 Å². The first-order valence-corrected chi connectivity index (χ1v) is 7.35. The molecule has 1 atom stereocenters. The molecule has 1 unspecified atom stereocenters. The maximum atomic E-state index is 12.5. The van der Waals surface area contributed by atoms with Gasteiger partial charge in [0.1, 0.15) is 5.69 Å². The molecule has 0 aliphatic heterocycles. The molecule has 1 aromatic carbocycles. The molecule has 0 fully saturated rings. The van der Waals surface area contributed by atoms with E-state index in [1.165, 1.54) is 0 Å². The minimum absolute atomic E-state index is 0.142. The summed E-state index contributed by atoms with van der Waals surface area (Å²) in [5.74, 6) is 0.379. The third-order valence-corrected chi connectivity index (χ3v) is 3.92. The van der Waals surface area contributed by atoms with Crippen molar-refractivity contribution in [3.63, 3.8) is 0 Å². The van der Waals surface area contributed by atoms with Crippen LogP contribution in [0, 0.1) is 0 Å². The second kappa shape index (κ2) is 6.23. The quantitative estimate of drug-likeness (QED) is 0.852. The van der Waals surface area contributed by atoms with E-state index in [-0.39, 0.29) is 11.4 Å². The summed E-state index contributed by atoms with van der Waals surface area (Å²) in [4.78, 5) is 16.7. The Morgan fingerprint density at radius 3 is 2.80 bits per heavy atom. The minimum Gasteiger partial charge on any atom is -0.345 e. The fourth-order valence-corrected chi connectivity index (χ4v) is 2.59. The van der Waals surface area contributed by atoms with Crippen molar-refractivity contribution in [3.05, 3.63) is 42.2 Å². The first kappa shape index (κ1) is 14.8. The van der Waals surface area contributed by atoms with Gasteiger partial charge in [0.2, 0.25) is 0 Å². The van der Waals surface area contributed by atoms with Crippen LogP contribution in [0.2, 0.25) is 0 Å². The van der Waals surface area contributed by atoms with Gasteiger partial charge in [0, 0.05) is 23.0 Å². The van der Waals surface area contributed by atoms with E-state index >= 15 is 0 Å². The number of aromatic nitrogens is 1. The van der Waals surface area contributed by atoms with Crippen molar-refractivity contribution in [2.24, 2.45) is 0 Å². The summed E-state index contributed by atoms with van der Waals surface area (Å²) >= 11 is 5.82. The van der Waals surface area contributed by atoms with Crippen LogP contribution in [-0.2, 0) is 0 Å². The van der Waals surface area contributed by atoms with Crippen LogP contribution in [0.25, 0.3) is 10.8 Å². The van der Waals surface area contributed by atoms with Gasteiger partial charge in [0.05, 0.1) is 0 Å². The number of nitrogens with one attached hydrogen (secondary N) is 1. The van der Waals surface area contributed by atoms with Crippen molar-refractivity contribution in [2.75, 3.05) is 5.88 Å². The highest BCUT2D eigenvalue weighted by atomic mass is 35.5. The zero-order valence-electron chi connectivity index (χ0n) is 11.8. The average Bonchev–Trinajstić information content (AvgIpc) is 2.46. The third kappa shape index (κ3) is 3.10. The van der Waals surface area contributed by atoms with E-state index in [1.54, 1.807) is 6.20 Å². The largest absolute Gasteiger partial charge is 0.345 e. The number of rotatable bonds is 5. The van der Waals surface area contributed by atoms with Crippen LogP contribution in [0.4, 0.5) is 0 Å². The maximum Gasteiger partial charge on any atom is 0.270 e. The highest BCUT2D eigenvalue weighted by Gasteiger charge is 2.25. The number of fused-ring (bicyclic) bond motifs is 1. The molecule has 0 bridgehead atoms. The van der Waals surface area contributed by atoms with Crippen molar-refractivity contribution in [1.82, 2.24) is 10.3 Å². The summed E-state index contributed by atoms with van der Waals surface area (Å²) in [5, 5.41) is 4.96. The highest BCUT2D eigenvalue weighted by molar-refractivity contribution is 6.17. The molecule has 0 spiro atoms. The van der Waals surface area contributed by atoms with Crippen LogP contribution in [-0.4, -0.2) is 22.3 Å². The lowest BCUT2D eigenvalue weighted by molar-refractivity contribution is 0.0898. The fourth-order valence-electron chi connectivity index (χ4n) is 2.17. The molecule has 106 valence electrons. The Balaban J connectivity index is 2.32. The minimum atomic E-state index is -0.294. The molecule has 1 N–H and O–H groups in total. The summed E-state index contributed by atoms with van der Waals surface area (Å²) in [5.41, 5.74) is 0.176. The molecule has 4 heteroatoms. The summed E-state index contributed by atoms with van der Waals surface area (Å²) in [6, 6.07) is 9.67. The highest BCUT2D eigenvalue weighted by Crippen LogP contribution is 2.19. The summed E-state index contributed by atoms with van der Waals surface area (Å²) in [7, 11) is 0. The second-order valence-corrected chi connectivity index (χ2v) is 5.57. The number of hydrogen-bond donors (Lipinski definition) is 1. The van der Waals surface area contributed by atoms with Crippen molar-refractivity contribution in [3.8, 4) is 0 Å². The Labute approximate surface area is 124 Å². The van der Waals surface area contributed by atoms with E-state index in [9.17, 15) is 4.79 Å². The van der Waals surface area contributed by atoms with E-state index in [0.29, 0.717) is 11.6 Å². The number of carbonyl (C=O) groups excluding carboxylic acids is 1. The van der Waals surface area contributed by atoms with Gasteiger partial charge in [-0.2, -0.15) is 0 Å². The number of carbonyl (C=O) groups is 1. The van der Waals surface area contributed by atoms with Gasteiger partial charge in [0.15, 0.2) is 0 Å². The molecule has 20 heavy (non-hydrogen) atoms. The van der Waals surface area contributed by atoms with E-state index in [2.05, 4.69) is 10.3 Å². The van der Waals surface area contributed by atoms with Gasteiger partial charge in [-0.25, -0.2) is 0 Å². The molecule has 1 amide bonds. The third-order valence-electron chi connectivity index (χ3n) is 3.73. The number of halogens is 1. The molecular weight excluding hydrogens is 272 g/mol. The van der Waals surface area contributed by atoms with Gasteiger partial charge in [0.25, 0.3) is 5.91 Å².